The van der Waals surface area contributed by atoms with Crippen molar-refractivity contribution < 1.29 is 4.79 Å². The molecule has 0 spiro atoms. The second-order valence-corrected chi connectivity index (χ2v) is 8.24. The van der Waals surface area contributed by atoms with Gasteiger partial charge in [0.2, 0.25) is 0 Å². The van der Waals surface area contributed by atoms with Gasteiger partial charge in [-0.2, -0.15) is 0 Å². The van der Waals surface area contributed by atoms with Gasteiger partial charge in [-0.25, -0.2) is 4.98 Å². The lowest BCUT2D eigenvalue weighted by Crippen LogP contribution is -2.40. The largest absolute Gasteiger partial charge is 0.347 e. The van der Waals surface area contributed by atoms with Crippen LogP contribution in [0.15, 0.2) is 4.79 Å². The van der Waals surface area contributed by atoms with Gasteiger partial charge in [0.25, 0.3) is 11.5 Å². The van der Waals surface area contributed by atoms with Gasteiger partial charge in [0.1, 0.15) is 10.7 Å². The van der Waals surface area contributed by atoms with E-state index in [1.54, 1.807) is 4.57 Å². The van der Waals surface area contributed by atoms with Crippen molar-refractivity contribution in [3.05, 3.63) is 26.6 Å². The molecule has 0 aliphatic carbocycles. The van der Waals surface area contributed by atoms with Crippen LogP contribution in [0, 0.1) is 6.92 Å². The molecule has 1 N–H and O–H groups in total. The molecule has 3 heterocycles. The van der Waals surface area contributed by atoms with E-state index < -0.39 is 0 Å². The normalized spacial score (nSPS) is 15.3. The molecule has 0 fully saturated rings. The first-order valence-electron chi connectivity index (χ1n) is 8.13. The van der Waals surface area contributed by atoms with Gasteiger partial charge in [0.15, 0.2) is 0 Å². The summed E-state index contributed by atoms with van der Waals surface area (Å²) in [5.41, 5.74) is 0.457. The van der Waals surface area contributed by atoms with E-state index in [0.29, 0.717) is 15.1 Å². The number of aryl methyl sites for hydroxylation is 2. The van der Waals surface area contributed by atoms with Crippen molar-refractivity contribution in [3.63, 3.8) is 0 Å². The average Bonchev–Trinajstić information content (AvgIpc) is 2.62. The predicted octanol–water partition coefficient (Wildman–Crippen LogP) is 3.02. The molecule has 1 amide bonds. The van der Waals surface area contributed by atoms with E-state index in [1.807, 2.05) is 27.7 Å². The summed E-state index contributed by atoms with van der Waals surface area (Å²) in [6.45, 7) is 8.42. The van der Waals surface area contributed by atoms with Crippen LogP contribution in [0.3, 0.4) is 0 Å². The third-order valence-electron chi connectivity index (χ3n) is 4.11. The van der Waals surface area contributed by atoms with Crippen LogP contribution in [0.5, 0.6) is 0 Å². The highest BCUT2D eigenvalue weighted by molar-refractivity contribution is 7.20. The molecule has 1 aliphatic rings. The van der Waals surface area contributed by atoms with Gasteiger partial charge in [-0.1, -0.05) is 6.42 Å². The fraction of sp³-hybridized carbons (Fsp3) is 0.588. The number of hydrogen-bond acceptors (Lipinski definition) is 4. The first kappa shape index (κ1) is 16.2. The lowest BCUT2D eigenvalue weighted by atomic mass is 10.1. The molecule has 1 aliphatic heterocycles. The van der Waals surface area contributed by atoms with Crippen molar-refractivity contribution in [1.29, 1.82) is 0 Å². The van der Waals surface area contributed by atoms with Crippen LogP contribution in [-0.2, 0) is 13.0 Å². The minimum Gasteiger partial charge on any atom is -0.347 e. The quantitative estimate of drug-likeness (QED) is 0.872. The van der Waals surface area contributed by atoms with Crippen LogP contribution >= 0.6 is 11.3 Å². The first-order chi connectivity index (χ1) is 10.8. The zero-order valence-electron chi connectivity index (χ0n) is 14.2. The number of thiophene rings is 1. The summed E-state index contributed by atoms with van der Waals surface area (Å²) < 4.78 is 1.81. The average molecular weight is 333 g/mol. The minimum atomic E-state index is -0.306. The van der Waals surface area contributed by atoms with Crippen molar-refractivity contribution >= 4 is 27.5 Å². The number of carbonyl (C=O) groups excluding carboxylic acids is 1. The number of amides is 1. The Morgan fingerprint density at radius 2 is 2.00 bits per heavy atom. The maximum absolute atomic E-state index is 12.9. The zero-order chi connectivity index (χ0) is 16.8. The molecular weight excluding hydrogens is 310 g/mol. The zero-order valence-corrected chi connectivity index (χ0v) is 15.0. The molecule has 124 valence electrons. The van der Waals surface area contributed by atoms with Crippen molar-refractivity contribution in [2.75, 3.05) is 0 Å². The summed E-state index contributed by atoms with van der Waals surface area (Å²) >= 11 is 1.33. The second kappa shape index (κ2) is 5.74. The maximum atomic E-state index is 12.9. The number of nitrogens with one attached hydrogen (secondary N) is 1. The molecule has 0 atom stereocenters. The Balaban J connectivity index is 2.14. The molecule has 0 radical (unpaired) electrons. The summed E-state index contributed by atoms with van der Waals surface area (Å²) in [5, 5.41) is 3.58. The monoisotopic (exact) mass is 333 g/mol. The lowest BCUT2D eigenvalue weighted by molar-refractivity contribution is 0.0923. The van der Waals surface area contributed by atoms with E-state index in [-0.39, 0.29) is 17.0 Å². The van der Waals surface area contributed by atoms with E-state index in [4.69, 9.17) is 4.98 Å². The van der Waals surface area contributed by atoms with Crippen LogP contribution < -0.4 is 10.9 Å². The van der Waals surface area contributed by atoms with Crippen LogP contribution in [0.25, 0.3) is 10.2 Å². The molecule has 2 aromatic heterocycles. The summed E-state index contributed by atoms with van der Waals surface area (Å²) in [6, 6.07) is 0. The van der Waals surface area contributed by atoms with E-state index in [2.05, 4.69) is 5.32 Å². The van der Waals surface area contributed by atoms with E-state index in [1.165, 1.54) is 11.3 Å². The van der Waals surface area contributed by atoms with Crippen molar-refractivity contribution in [1.82, 2.24) is 14.9 Å². The van der Waals surface area contributed by atoms with Gasteiger partial charge < -0.3 is 5.32 Å². The van der Waals surface area contributed by atoms with Crippen LogP contribution in [0.2, 0.25) is 0 Å². The highest BCUT2D eigenvalue weighted by Crippen LogP contribution is 2.28. The molecule has 0 saturated carbocycles. The lowest BCUT2D eigenvalue weighted by Gasteiger charge is -2.20. The Hall–Kier alpha value is -1.69. The Kier molecular flexibility index (Phi) is 4.04. The predicted molar refractivity (Wildman–Crippen MR) is 93.4 cm³/mol. The number of nitrogens with zero attached hydrogens (tertiary/aromatic N) is 2. The summed E-state index contributed by atoms with van der Waals surface area (Å²) in [5.74, 6) is 0.738. The van der Waals surface area contributed by atoms with Crippen molar-refractivity contribution in [2.45, 2.75) is 65.5 Å². The molecule has 23 heavy (non-hydrogen) atoms. The number of aromatic nitrogens is 2. The van der Waals surface area contributed by atoms with Crippen molar-refractivity contribution in [2.24, 2.45) is 0 Å². The topological polar surface area (TPSA) is 64.0 Å². The summed E-state index contributed by atoms with van der Waals surface area (Å²) in [4.78, 5) is 31.4. The molecule has 2 aromatic rings. The SMILES string of the molecule is Cc1c(C(=O)NC(C)(C)C)sc2nc3n(c(=O)c12)CCCCC3. The Morgan fingerprint density at radius 1 is 1.26 bits per heavy atom. The van der Waals surface area contributed by atoms with Crippen molar-refractivity contribution in [3.8, 4) is 0 Å². The second-order valence-electron chi connectivity index (χ2n) is 7.24. The van der Waals surface area contributed by atoms with E-state index in [9.17, 15) is 9.59 Å². The highest BCUT2D eigenvalue weighted by atomic mass is 32.1. The van der Waals surface area contributed by atoms with Gasteiger partial charge in [0.05, 0.1) is 10.3 Å². The maximum Gasteiger partial charge on any atom is 0.262 e. The van der Waals surface area contributed by atoms with Crippen LogP contribution in [-0.4, -0.2) is 21.0 Å². The fourth-order valence-corrected chi connectivity index (χ4v) is 4.11. The van der Waals surface area contributed by atoms with Crippen LogP contribution in [0.1, 0.15) is 61.1 Å². The Labute approximate surface area is 139 Å². The smallest absolute Gasteiger partial charge is 0.262 e. The molecule has 3 rings (SSSR count). The van der Waals surface area contributed by atoms with Gasteiger partial charge in [-0.05, 0) is 46.1 Å². The molecule has 0 bridgehead atoms. The molecule has 0 unspecified atom stereocenters. The number of carbonyl (C=O) groups is 1. The number of fused-ring (bicyclic) bond motifs is 2. The van der Waals surface area contributed by atoms with Gasteiger partial charge in [-0.15, -0.1) is 11.3 Å². The molecule has 5 nitrogen and oxygen atoms in total. The Bertz CT molecular complexity index is 827. The third-order valence-corrected chi connectivity index (χ3v) is 5.29. The standard InChI is InChI=1S/C17H23N3O2S/c1-10-12-15(23-13(10)14(21)19-17(2,3)4)18-11-8-6-5-7-9-20(11)16(12)22/h5-9H2,1-4H3,(H,19,21). The van der Waals surface area contributed by atoms with Gasteiger partial charge >= 0.3 is 0 Å². The summed E-state index contributed by atoms with van der Waals surface area (Å²) in [7, 11) is 0. The number of rotatable bonds is 1. The minimum absolute atomic E-state index is 0.00968. The molecule has 6 heteroatoms. The third kappa shape index (κ3) is 3.04. The first-order valence-corrected chi connectivity index (χ1v) is 8.95. The number of hydrogen-bond donors (Lipinski definition) is 1. The van der Waals surface area contributed by atoms with Gasteiger partial charge in [-0.3, -0.25) is 14.2 Å². The van der Waals surface area contributed by atoms with E-state index in [0.717, 1.165) is 43.6 Å². The fourth-order valence-electron chi connectivity index (χ4n) is 3.02. The molecule has 0 aromatic carbocycles. The highest BCUT2D eigenvalue weighted by Gasteiger charge is 2.24. The molecular formula is C17H23N3O2S. The van der Waals surface area contributed by atoms with E-state index >= 15 is 0 Å². The van der Waals surface area contributed by atoms with Gasteiger partial charge in [0, 0.05) is 18.5 Å². The Morgan fingerprint density at radius 3 is 2.70 bits per heavy atom. The van der Waals surface area contributed by atoms with Crippen LogP contribution in [0.4, 0.5) is 0 Å². The molecule has 0 saturated heterocycles. The summed E-state index contributed by atoms with van der Waals surface area (Å²) in [6.07, 6.45) is 4.06.